The number of benzene rings is 2. The molecule has 0 aliphatic heterocycles. The maximum Gasteiger partial charge on any atom is 0.123 e. The second kappa shape index (κ2) is 5.83. The minimum absolute atomic E-state index is 0.300. The molecule has 5 heteroatoms. The largest absolute Gasteiger partial charge is 0.244 e. The Hall–Kier alpha value is -2.53. The molecule has 0 spiro atoms. The lowest BCUT2D eigenvalue weighted by Crippen LogP contribution is -2.02. The SMILES string of the molecule is Cc1ccc(-c2cnc(-c3ccc4c(c3)nnn4C(C)C)s2)cc1. The molecule has 0 unspecified atom stereocenters. The topological polar surface area (TPSA) is 43.6 Å². The molecule has 0 aliphatic carbocycles. The van der Waals surface area contributed by atoms with Crippen LogP contribution in [0.1, 0.15) is 25.5 Å². The van der Waals surface area contributed by atoms with Crippen LogP contribution in [0.3, 0.4) is 0 Å². The van der Waals surface area contributed by atoms with Gasteiger partial charge >= 0.3 is 0 Å². The Kier molecular flexibility index (Phi) is 3.65. The molecule has 0 aliphatic rings. The van der Waals surface area contributed by atoms with E-state index in [9.17, 15) is 0 Å². The van der Waals surface area contributed by atoms with E-state index in [-0.39, 0.29) is 0 Å². The zero-order valence-corrected chi connectivity index (χ0v) is 14.7. The number of fused-ring (bicyclic) bond motifs is 1. The van der Waals surface area contributed by atoms with Crippen LogP contribution in [-0.4, -0.2) is 20.0 Å². The highest BCUT2D eigenvalue weighted by Crippen LogP contribution is 2.33. The first-order valence-electron chi connectivity index (χ1n) is 8.00. The van der Waals surface area contributed by atoms with Gasteiger partial charge in [0.1, 0.15) is 10.5 Å². The van der Waals surface area contributed by atoms with Gasteiger partial charge in [-0.25, -0.2) is 9.67 Å². The van der Waals surface area contributed by atoms with Crippen LogP contribution in [0.4, 0.5) is 0 Å². The number of hydrogen-bond donors (Lipinski definition) is 0. The Morgan fingerprint density at radius 3 is 2.50 bits per heavy atom. The van der Waals surface area contributed by atoms with Gasteiger partial charge in [-0.1, -0.05) is 35.0 Å². The molecule has 0 fully saturated rings. The van der Waals surface area contributed by atoms with E-state index in [1.165, 1.54) is 16.0 Å². The van der Waals surface area contributed by atoms with E-state index < -0.39 is 0 Å². The van der Waals surface area contributed by atoms with Crippen molar-refractivity contribution in [2.24, 2.45) is 0 Å². The molecule has 0 N–H and O–H groups in total. The summed E-state index contributed by atoms with van der Waals surface area (Å²) in [6.45, 7) is 6.31. The van der Waals surface area contributed by atoms with Gasteiger partial charge in [-0.15, -0.1) is 16.4 Å². The van der Waals surface area contributed by atoms with Gasteiger partial charge in [0.25, 0.3) is 0 Å². The zero-order valence-electron chi connectivity index (χ0n) is 13.9. The van der Waals surface area contributed by atoms with Crippen LogP contribution in [0.5, 0.6) is 0 Å². The van der Waals surface area contributed by atoms with Crippen molar-refractivity contribution in [3.8, 4) is 21.0 Å². The summed E-state index contributed by atoms with van der Waals surface area (Å²) in [4.78, 5) is 5.77. The van der Waals surface area contributed by atoms with Crippen LogP contribution >= 0.6 is 11.3 Å². The van der Waals surface area contributed by atoms with Gasteiger partial charge in [-0.05, 0) is 44.5 Å². The van der Waals surface area contributed by atoms with E-state index in [0.717, 1.165) is 21.6 Å². The van der Waals surface area contributed by atoms with Crippen molar-refractivity contribution < 1.29 is 0 Å². The van der Waals surface area contributed by atoms with Crippen molar-refractivity contribution in [3.05, 3.63) is 54.2 Å². The lowest BCUT2D eigenvalue weighted by Gasteiger charge is -2.05. The Bertz CT molecular complexity index is 996. The third kappa shape index (κ3) is 2.61. The molecule has 24 heavy (non-hydrogen) atoms. The van der Waals surface area contributed by atoms with Gasteiger partial charge in [0.2, 0.25) is 0 Å². The molecule has 4 nitrogen and oxygen atoms in total. The maximum atomic E-state index is 4.60. The van der Waals surface area contributed by atoms with Gasteiger partial charge in [0, 0.05) is 17.8 Å². The fraction of sp³-hybridized carbons (Fsp3) is 0.211. The molecular weight excluding hydrogens is 316 g/mol. The van der Waals surface area contributed by atoms with Crippen molar-refractivity contribution in [3.63, 3.8) is 0 Å². The van der Waals surface area contributed by atoms with Crippen molar-refractivity contribution >= 4 is 22.4 Å². The van der Waals surface area contributed by atoms with Gasteiger partial charge in [-0.2, -0.15) is 0 Å². The quantitative estimate of drug-likeness (QED) is 0.523. The average Bonchev–Trinajstić information content (AvgIpc) is 3.22. The fourth-order valence-electron chi connectivity index (χ4n) is 2.72. The number of hydrogen-bond acceptors (Lipinski definition) is 4. The van der Waals surface area contributed by atoms with Gasteiger partial charge in [0.05, 0.1) is 10.4 Å². The lowest BCUT2D eigenvalue weighted by molar-refractivity contribution is 0.530. The molecule has 0 saturated carbocycles. The van der Waals surface area contributed by atoms with Crippen molar-refractivity contribution in [1.82, 2.24) is 20.0 Å². The van der Waals surface area contributed by atoms with Gasteiger partial charge in [0.15, 0.2) is 0 Å². The molecule has 0 bridgehead atoms. The highest BCUT2D eigenvalue weighted by Gasteiger charge is 2.11. The Morgan fingerprint density at radius 1 is 1.00 bits per heavy atom. The van der Waals surface area contributed by atoms with E-state index in [4.69, 9.17) is 0 Å². The molecule has 2 aromatic heterocycles. The van der Waals surface area contributed by atoms with Crippen LogP contribution in [0, 0.1) is 6.92 Å². The zero-order chi connectivity index (χ0) is 16.7. The molecule has 0 radical (unpaired) electrons. The first kappa shape index (κ1) is 15.0. The number of nitrogens with zero attached hydrogens (tertiary/aromatic N) is 4. The molecule has 0 amide bonds. The molecule has 4 rings (SSSR count). The minimum atomic E-state index is 0.300. The Labute approximate surface area is 144 Å². The summed E-state index contributed by atoms with van der Waals surface area (Å²) in [7, 11) is 0. The second-order valence-corrected chi connectivity index (χ2v) is 7.26. The smallest absolute Gasteiger partial charge is 0.123 e. The number of rotatable bonds is 3. The Balaban J connectivity index is 1.71. The van der Waals surface area contributed by atoms with Gasteiger partial charge < -0.3 is 0 Å². The predicted molar refractivity (Wildman–Crippen MR) is 99.2 cm³/mol. The minimum Gasteiger partial charge on any atom is -0.244 e. The summed E-state index contributed by atoms with van der Waals surface area (Å²) in [6.07, 6.45) is 1.94. The first-order chi connectivity index (χ1) is 11.6. The van der Waals surface area contributed by atoms with Crippen LogP contribution in [0.2, 0.25) is 0 Å². The third-order valence-corrected chi connectivity index (χ3v) is 5.14. The molecule has 4 aromatic rings. The highest BCUT2D eigenvalue weighted by molar-refractivity contribution is 7.18. The lowest BCUT2D eigenvalue weighted by atomic mass is 10.1. The van der Waals surface area contributed by atoms with E-state index in [2.05, 4.69) is 78.5 Å². The van der Waals surface area contributed by atoms with Gasteiger partial charge in [-0.3, -0.25) is 0 Å². The van der Waals surface area contributed by atoms with Crippen LogP contribution in [0.25, 0.3) is 32.0 Å². The van der Waals surface area contributed by atoms with E-state index in [0.29, 0.717) is 6.04 Å². The number of aryl methyl sites for hydroxylation is 1. The molecule has 120 valence electrons. The average molecular weight is 334 g/mol. The first-order valence-corrected chi connectivity index (χ1v) is 8.81. The third-order valence-electron chi connectivity index (χ3n) is 4.05. The standard InChI is InChI=1S/C19H18N4S/c1-12(2)23-17-9-8-15(10-16(17)21-22-23)19-20-11-18(24-19)14-6-4-13(3)5-7-14/h4-12H,1-3H3. The molecule has 2 heterocycles. The molecule has 0 atom stereocenters. The fourth-order valence-corrected chi connectivity index (χ4v) is 3.63. The number of thiazole rings is 1. The van der Waals surface area contributed by atoms with Crippen molar-refractivity contribution in [1.29, 1.82) is 0 Å². The summed E-state index contributed by atoms with van der Waals surface area (Å²) in [5, 5.41) is 9.54. The van der Waals surface area contributed by atoms with E-state index in [1.54, 1.807) is 11.3 Å². The second-order valence-electron chi connectivity index (χ2n) is 6.23. The summed E-state index contributed by atoms with van der Waals surface area (Å²) < 4.78 is 1.94. The van der Waals surface area contributed by atoms with Crippen molar-refractivity contribution in [2.75, 3.05) is 0 Å². The van der Waals surface area contributed by atoms with Crippen LogP contribution in [-0.2, 0) is 0 Å². The highest BCUT2D eigenvalue weighted by atomic mass is 32.1. The van der Waals surface area contributed by atoms with Crippen LogP contribution in [0.15, 0.2) is 48.7 Å². The monoisotopic (exact) mass is 334 g/mol. The van der Waals surface area contributed by atoms with Crippen molar-refractivity contribution in [2.45, 2.75) is 26.8 Å². The summed E-state index contributed by atoms with van der Waals surface area (Å²) >= 11 is 1.70. The Morgan fingerprint density at radius 2 is 1.75 bits per heavy atom. The number of aromatic nitrogens is 4. The molecule has 0 saturated heterocycles. The summed E-state index contributed by atoms with van der Waals surface area (Å²) in [6, 6.07) is 15.1. The van der Waals surface area contributed by atoms with E-state index in [1.807, 2.05) is 10.9 Å². The molecular formula is C19H18N4S. The van der Waals surface area contributed by atoms with E-state index >= 15 is 0 Å². The summed E-state index contributed by atoms with van der Waals surface area (Å²) in [5.74, 6) is 0. The summed E-state index contributed by atoms with van der Waals surface area (Å²) in [5.41, 5.74) is 5.53. The normalized spacial score (nSPS) is 11.5. The predicted octanol–water partition coefficient (Wildman–Crippen LogP) is 5.11. The van der Waals surface area contributed by atoms with Crippen LogP contribution < -0.4 is 0 Å². The maximum absolute atomic E-state index is 4.60. The molecule has 2 aromatic carbocycles.